The Balaban J connectivity index is 1.35. The minimum absolute atomic E-state index is 0.0303. The van der Waals surface area contributed by atoms with Gasteiger partial charge < -0.3 is 9.88 Å². The number of carbonyl (C=O) groups excluding carboxylic acids is 1. The number of likely N-dealkylation sites (tertiary alicyclic amines) is 1. The normalized spacial score (nSPS) is 22.1. The molecule has 1 amide bonds. The molecule has 3 aromatic heterocycles. The minimum atomic E-state index is -3.11. The summed E-state index contributed by atoms with van der Waals surface area (Å²) in [6.45, 7) is 0.563. The number of aromatic nitrogens is 4. The summed E-state index contributed by atoms with van der Waals surface area (Å²) in [6, 6.07) is 9.48. The molecule has 2 fully saturated rings. The predicted octanol–water partition coefficient (Wildman–Crippen LogP) is 3.96. The fourth-order valence-corrected chi connectivity index (χ4v) is 7.38. The summed E-state index contributed by atoms with van der Waals surface area (Å²) < 4.78 is 39.6. The molecule has 2 aliphatic rings. The highest BCUT2D eigenvalue weighted by Crippen LogP contribution is 2.35. The standard InChI is InChI=1S/C23H22FN5O3S2/c24-14-5-6-16-17(11-14)26-22(25-16)19-3-1-8-28(19)23(30)18-12-20(21-4-2-9-33-21)29(27-18)15-7-10-34(31,32)13-15/h2,4-6,9,11-12,15,19H,1,3,7-8,10,13H2,(H,25,26). The molecule has 0 aliphatic carbocycles. The first-order valence-electron chi connectivity index (χ1n) is 11.2. The number of rotatable bonds is 4. The van der Waals surface area contributed by atoms with Crippen molar-refractivity contribution in [2.45, 2.75) is 31.3 Å². The van der Waals surface area contributed by atoms with Gasteiger partial charge in [0.05, 0.1) is 45.2 Å². The summed E-state index contributed by atoms with van der Waals surface area (Å²) in [4.78, 5) is 24.1. The van der Waals surface area contributed by atoms with Crippen LogP contribution in [0.2, 0.25) is 0 Å². The van der Waals surface area contributed by atoms with Gasteiger partial charge in [0.2, 0.25) is 0 Å². The number of hydrogen-bond acceptors (Lipinski definition) is 6. The van der Waals surface area contributed by atoms with Gasteiger partial charge in [-0.05, 0) is 55.0 Å². The Morgan fingerprint density at radius 1 is 1.21 bits per heavy atom. The van der Waals surface area contributed by atoms with E-state index in [9.17, 15) is 17.6 Å². The third-order valence-electron chi connectivity index (χ3n) is 6.57. The average Bonchev–Trinajstić information content (AvgIpc) is 3.61. The molecule has 2 saturated heterocycles. The van der Waals surface area contributed by atoms with Gasteiger partial charge in [0, 0.05) is 6.54 Å². The number of benzene rings is 1. The highest BCUT2D eigenvalue weighted by molar-refractivity contribution is 7.91. The van der Waals surface area contributed by atoms with Crippen molar-refractivity contribution >= 4 is 38.1 Å². The molecule has 1 aromatic carbocycles. The van der Waals surface area contributed by atoms with Crippen molar-refractivity contribution in [1.29, 1.82) is 0 Å². The zero-order valence-corrected chi connectivity index (χ0v) is 19.8. The van der Waals surface area contributed by atoms with Crippen molar-refractivity contribution in [3.8, 4) is 10.6 Å². The van der Waals surface area contributed by atoms with Gasteiger partial charge in [0.1, 0.15) is 11.6 Å². The van der Waals surface area contributed by atoms with E-state index in [1.807, 2.05) is 17.5 Å². The largest absolute Gasteiger partial charge is 0.340 e. The van der Waals surface area contributed by atoms with Crippen LogP contribution in [0.15, 0.2) is 41.8 Å². The van der Waals surface area contributed by atoms with Gasteiger partial charge in [-0.1, -0.05) is 6.07 Å². The van der Waals surface area contributed by atoms with Crippen molar-refractivity contribution < 1.29 is 17.6 Å². The predicted molar refractivity (Wildman–Crippen MR) is 127 cm³/mol. The number of fused-ring (bicyclic) bond motifs is 1. The molecule has 6 rings (SSSR count). The van der Waals surface area contributed by atoms with Gasteiger partial charge in [-0.15, -0.1) is 11.3 Å². The quantitative estimate of drug-likeness (QED) is 0.458. The van der Waals surface area contributed by atoms with Gasteiger partial charge in [0.25, 0.3) is 5.91 Å². The number of H-pyrrole nitrogens is 1. The molecule has 0 radical (unpaired) electrons. The van der Waals surface area contributed by atoms with E-state index in [0.717, 1.165) is 23.4 Å². The molecule has 0 saturated carbocycles. The van der Waals surface area contributed by atoms with E-state index in [4.69, 9.17) is 0 Å². The number of sulfone groups is 1. The highest BCUT2D eigenvalue weighted by Gasteiger charge is 2.36. The second-order valence-corrected chi connectivity index (χ2v) is 12.0. The van der Waals surface area contributed by atoms with Gasteiger partial charge in [-0.2, -0.15) is 5.10 Å². The van der Waals surface area contributed by atoms with Crippen LogP contribution in [0, 0.1) is 5.82 Å². The Kier molecular flexibility index (Phi) is 5.07. The molecule has 176 valence electrons. The van der Waals surface area contributed by atoms with Gasteiger partial charge in [-0.25, -0.2) is 17.8 Å². The number of thiophene rings is 1. The third-order valence-corrected chi connectivity index (χ3v) is 9.22. The number of nitrogens with one attached hydrogen (secondary N) is 1. The van der Waals surface area contributed by atoms with Crippen LogP contribution >= 0.6 is 11.3 Å². The van der Waals surface area contributed by atoms with Gasteiger partial charge >= 0.3 is 0 Å². The number of imidazole rings is 1. The number of carbonyl (C=O) groups is 1. The topological polar surface area (TPSA) is 101 Å². The lowest BCUT2D eigenvalue weighted by Gasteiger charge is -2.22. The Morgan fingerprint density at radius 3 is 2.85 bits per heavy atom. The first kappa shape index (κ1) is 21.5. The first-order chi connectivity index (χ1) is 16.4. The van der Waals surface area contributed by atoms with Crippen molar-refractivity contribution in [3.05, 3.63) is 59.1 Å². The van der Waals surface area contributed by atoms with E-state index < -0.39 is 9.84 Å². The van der Waals surface area contributed by atoms with Crippen LogP contribution < -0.4 is 0 Å². The van der Waals surface area contributed by atoms with Crippen molar-refractivity contribution in [3.63, 3.8) is 0 Å². The SMILES string of the molecule is O=C(c1cc(-c2cccs2)n(C2CCS(=O)(=O)C2)n1)N1CCCC1c1nc2ccc(F)cc2[nH]1. The summed E-state index contributed by atoms with van der Waals surface area (Å²) in [5.74, 6) is 0.231. The van der Waals surface area contributed by atoms with Crippen molar-refractivity contribution in [1.82, 2.24) is 24.6 Å². The number of nitrogens with zero attached hydrogens (tertiary/aromatic N) is 4. The number of amides is 1. The van der Waals surface area contributed by atoms with Gasteiger partial charge in [-0.3, -0.25) is 9.48 Å². The smallest absolute Gasteiger partial charge is 0.274 e. The molecule has 11 heteroatoms. The van der Waals surface area contributed by atoms with E-state index in [0.29, 0.717) is 35.5 Å². The van der Waals surface area contributed by atoms with E-state index in [2.05, 4.69) is 15.1 Å². The molecule has 4 aromatic rings. The summed E-state index contributed by atoms with van der Waals surface area (Å²) in [6.07, 6.45) is 2.05. The maximum Gasteiger partial charge on any atom is 0.274 e. The molecule has 2 atom stereocenters. The molecule has 0 bridgehead atoms. The first-order valence-corrected chi connectivity index (χ1v) is 13.9. The average molecular weight is 500 g/mol. The van der Waals surface area contributed by atoms with Crippen LogP contribution in [-0.4, -0.2) is 57.0 Å². The molecule has 0 spiro atoms. The fraction of sp³-hybridized carbons (Fsp3) is 0.348. The maximum absolute atomic E-state index is 13.6. The Bertz CT molecular complexity index is 1490. The lowest BCUT2D eigenvalue weighted by atomic mass is 10.2. The lowest BCUT2D eigenvalue weighted by molar-refractivity contribution is 0.0723. The molecular formula is C23H22FN5O3S2. The second-order valence-electron chi connectivity index (χ2n) is 8.83. The summed E-state index contributed by atoms with van der Waals surface area (Å²) >= 11 is 1.53. The molecule has 34 heavy (non-hydrogen) atoms. The Morgan fingerprint density at radius 2 is 2.09 bits per heavy atom. The van der Waals surface area contributed by atoms with E-state index in [-0.39, 0.29) is 35.3 Å². The summed E-state index contributed by atoms with van der Waals surface area (Å²) in [5.41, 5.74) is 2.31. The van der Waals surface area contributed by atoms with Crippen LogP contribution in [0.4, 0.5) is 4.39 Å². The van der Waals surface area contributed by atoms with E-state index in [1.54, 1.807) is 21.7 Å². The third kappa shape index (κ3) is 3.72. The Hall–Kier alpha value is -3.05. The monoisotopic (exact) mass is 499 g/mol. The van der Waals surface area contributed by atoms with Crippen molar-refractivity contribution in [2.75, 3.05) is 18.1 Å². The lowest BCUT2D eigenvalue weighted by Crippen LogP contribution is -2.31. The van der Waals surface area contributed by atoms with Crippen LogP contribution in [0.5, 0.6) is 0 Å². The van der Waals surface area contributed by atoms with Crippen LogP contribution in [0.1, 0.15) is 47.7 Å². The Labute approximate surface area is 199 Å². The van der Waals surface area contributed by atoms with Crippen LogP contribution in [0.25, 0.3) is 21.6 Å². The van der Waals surface area contributed by atoms with E-state index in [1.165, 1.54) is 23.5 Å². The highest BCUT2D eigenvalue weighted by atomic mass is 32.2. The zero-order valence-electron chi connectivity index (χ0n) is 18.1. The molecule has 8 nitrogen and oxygen atoms in total. The second kappa shape index (κ2) is 8.02. The van der Waals surface area contributed by atoms with Gasteiger partial charge in [0.15, 0.2) is 15.5 Å². The van der Waals surface area contributed by atoms with Crippen molar-refractivity contribution in [2.24, 2.45) is 0 Å². The number of halogens is 1. The summed E-state index contributed by atoms with van der Waals surface area (Å²) in [7, 11) is -3.11. The minimum Gasteiger partial charge on any atom is -0.340 e. The van der Waals surface area contributed by atoms with Crippen LogP contribution in [-0.2, 0) is 9.84 Å². The van der Waals surface area contributed by atoms with Crippen LogP contribution in [0.3, 0.4) is 0 Å². The maximum atomic E-state index is 13.6. The molecular weight excluding hydrogens is 477 g/mol. The molecule has 5 heterocycles. The molecule has 2 unspecified atom stereocenters. The zero-order chi connectivity index (χ0) is 23.4. The number of hydrogen-bond donors (Lipinski definition) is 1. The summed E-state index contributed by atoms with van der Waals surface area (Å²) in [5, 5.41) is 6.57. The molecule has 2 aliphatic heterocycles. The van der Waals surface area contributed by atoms with E-state index >= 15 is 0 Å². The number of aromatic amines is 1. The molecule has 1 N–H and O–H groups in total. The fourth-order valence-electron chi connectivity index (χ4n) is 4.95.